The van der Waals surface area contributed by atoms with Crippen molar-refractivity contribution in [1.82, 2.24) is 15.6 Å². The van der Waals surface area contributed by atoms with Crippen LogP contribution >= 0.6 is 23.2 Å². The van der Waals surface area contributed by atoms with Crippen LogP contribution in [0.2, 0.25) is 10.0 Å². The molecule has 8 heteroatoms. The van der Waals surface area contributed by atoms with E-state index >= 15 is 0 Å². The first-order valence-corrected chi connectivity index (χ1v) is 8.90. The van der Waals surface area contributed by atoms with Crippen molar-refractivity contribution in [2.45, 2.75) is 6.92 Å². The summed E-state index contributed by atoms with van der Waals surface area (Å²) in [6, 6.07) is 14.2. The van der Waals surface area contributed by atoms with Crippen LogP contribution in [0.1, 0.15) is 23.0 Å². The third-order valence-electron chi connectivity index (χ3n) is 3.62. The van der Waals surface area contributed by atoms with Gasteiger partial charge < -0.3 is 4.74 Å². The Morgan fingerprint density at radius 2 is 1.96 bits per heavy atom. The van der Waals surface area contributed by atoms with Gasteiger partial charge in [-0.2, -0.15) is 10.2 Å². The Morgan fingerprint density at radius 3 is 2.70 bits per heavy atom. The summed E-state index contributed by atoms with van der Waals surface area (Å²) < 4.78 is 5.48. The van der Waals surface area contributed by atoms with Crippen molar-refractivity contribution in [3.63, 3.8) is 0 Å². The van der Waals surface area contributed by atoms with Gasteiger partial charge in [-0.05, 0) is 37.3 Å². The molecular formula is C19H16Cl2N4O2. The molecule has 0 aliphatic carbocycles. The highest BCUT2D eigenvalue weighted by molar-refractivity contribution is 6.38. The second kappa shape index (κ2) is 8.70. The molecule has 1 amide bonds. The predicted octanol–water partition coefficient (Wildman–Crippen LogP) is 4.55. The van der Waals surface area contributed by atoms with Gasteiger partial charge in [-0.3, -0.25) is 9.89 Å². The van der Waals surface area contributed by atoms with E-state index in [4.69, 9.17) is 27.9 Å². The normalized spacial score (nSPS) is 10.9. The van der Waals surface area contributed by atoms with Gasteiger partial charge in [0.05, 0.1) is 28.6 Å². The van der Waals surface area contributed by atoms with Crippen LogP contribution in [0.25, 0.3) is 11.3 Å². The van der Waals surface area contributed by atoms with Crippen molar-refractivity contribution in [1.29, 1.82) is 0 Å². The molecule has 27 heavy (non-hydrogen) atoms. The maximum atomic E-state index is 12.2. The number of carbonyl (C=O) groups is 1. The maximum absolute atomic E-state index is 12.2. The number of hydrogen-bond donors (Lipinski definition) is 2. The molecule has 0 aliphatic heterocycles. The van der Waals surface area contributed by atoms with Crippen LogP contribution in [0.15, 0.2) is 53.6 Å². The van der Waals surface area contributed by atoms with Crippen molar-refractivity contribution in [3.05, 3.63) is 69.8 Å². The number of H-pyrrole nitrogens is 1. The van der Waals surface area contributed by atoms with Gasteiger partial charge in [0.2, 0.25) is 0 Å². The minimum absolute atomic E-state index is 0.272. The highest BCUT2D eigenvalue weighted by Crippen LogP contribution is 2.23. The van der Waals surface area contributed by atoms with E-state index in [1.54, 1.807) is 24.3 Å². The molecule has 0 atom stereocenters. The number of amides is 1. The minimum atomic E-state index is -0.436. The lowest BCUT2D eigenvalue weighted by Gasteiger charge is -2.03. The second-order valence-corrected chi connectivity index (χ2v) is 6.28. The molecule has 3 aromatic rings. The van der Waals surface area contributed by atoms with Crippen LogP contribution in [0.4, 0.5) is 0 Å². The molecule has 1 aromatic heterocycles. The number of aromatic nitrogens is 2. The Kier molecular flexibility index (Phi) is 6.11. The molecule has 138 valence electrons. The Morgan fingerprint density at radius 1 is 1.22 bits per heavy atom. The molecule has 0 radical (unpaired) electrons. The smallest absolute Gasteiger partial charge is 0.289 e. The highest BCUT2D eigenvalue weighted by Gasteiger charge is 2.11. The standard InChI is InChI=1S/C19H16Cl2N4O2/c1-2-27-13-6-3-5-12(9-13)17-10-18(24-23-17)19(26)25-22-11-14-15(20)7-4-8-16(14)21/h3-11H,2H2,1H3,(H,23,24)(H,25,26)/b22-11-. The van der Waals surface area contributed by atoms with Crippen molar-refractivity contribution in [2.75, 3.05) is 6.61 Å². The molecule has 0 fully saturated rings. The molecular weight excluding hydrogens is 387 g/mol. The number of ether oxygens (including phenoxy) is 1. The van der Waals surface area contributed by atoms with E-state index in [-0.39, 0.29) is 5.69 Å². The zero-order chi connectivity index (χ0) is 19.2. The lowest BCUT2D eigenvalue weighted by molar-refractivity contribution is 0.0950. The van der Waals surface area contributed by atoms with Gasteiger partial charge in [-0.15, -0.1) is 0 Å². The summed E-state index contributed by atoms with van der Waals surface area (Å²) in [4.78, 5) is 12.2. The summed E-state index contributed by atoms with van der Waals surface area (Å²) in [5.74, 6) is 0.305. The van der Waals surface area contributed by atoms with E-state index in [2.05, 4.69) is 20.7 Å². The Hall–Kier alpha value is -2.83. The predicted molar refractivity (Wildman–Crippen MR) is 107 cm³/mol. The summed E-state index contributed by atoms with van der Waals surface area (Å²) in [7, 11) is 0. The summed E-state index contributed by atoms with van der Waals surface area (Å²) >= 11 is 12.1. The Labute approximate surface area is 166 Å². The van der Waals surface area contributed by atoms with Gasteiger partial charge in [-0.1, -0.05) is 41.4 Å². The van der Waals surface area contributed by atoms with Crippen LogP contribution in [0.3, 0.4) is 0 Å². The Bertz CT molecular complexity index is 965. The van der Waals surface area contributed by atoms with Gasteiger partial charge in [0, 0.05) is 11.1 Å². The van der Waals surface area contributed by atoms with Gasteiger partial charge in [-0.25, -0.2) is 5.43 Å². The van der Waals surface area contributed by atoms with E-state index in [0.717, 1.165) is 11.3 Å². The van der Waals surface area contributed by atoms with Crippen LogP contribution in [-0.4, -0.2) is 28.9 Å². The second-order valence-electron chi connectivity index (χ2n) is 5.46. The summed E-state index contributed by atoms with van der Waals surface area (Å²) in [6.45, 7) is 2.49. The molecule has 0 spiro atoms. The maximum Gasteiger partial charge on any atom is 0.289 e. The monoisotopic (exact) mass is 402 g/mol. The molecule has 2 aromatic carbocycles. The zero-order valence-electron chi connectivity index (χ0n) is 14.4. The topological polar surface area (TPSA) is 79.4 Å². The van der Waals surface area contributed by atoms with E-state index in [0.29, 0.717) is 27.9 Å². The van der Waals surface area contributed by atoms with Crippen LogP contribution < -0.4 is 10.2 Å². The van der Waals surface area contributed by atoms with Crippen molar-refractivity contribution >= 4 is 35.3 Å². The number of hydrogen-bond acceptors (Lipinski definition) is 4. The zero-order valence-corrected chi connectivity index (χ0v) is 15.9. The Balaban J connectivity index is 1.70. The molecule has 1 heterocycles. The van der Waals surface area contributed by atoms with Gasteiger partial charge in [0.15, 0.2) is 0 Å². The van der Waals surface area contributed by atoms with E-state index in [9.17, 15) is 4.79 Å². The summed E-state index contributed by atoms with van der Waals surface area (Å²) in [6.07, 6.45) is 1.39. The van der Waals surface area contributed by atoms with Crippen molar-refractivity contribution < 1.29 is 9.53 Å². The van der Waals surface area contributed by atoms with E-state index in [1.165, 1.54) is 6.21 Å². The molecule has 0 unspecified atom stereocenters. The average molecular weight is 403 g/mol. The number of benzene rings is 2. The third kappa shape index (κ3) is 4.67. The average Bonchev–Trinajstić information content (AvgIpc) is 3.15. The third-order valence-corrected chi connectivity index (χ3v) is 4.28. The van der Waals surface area contributed by atoms with Crippen LogP contribution in [-0.2, 0) is 0 Å². The first-order valence-electron chi connectivity index (χ1n) is 8.14. The fourth-order valence-corrected chi connectivity index (χ4v) is 2.84. The number of nitrogens with one attached hydrogen (secondary N) is 2. The largest absolute Gasteiger partial charge is 0.494 e. The molecule has 6 nitrogen and oxygen atoms in total. The SMILES string of the molecule is CCOc1cccc(-c2cc(C(=O)N/N=C\c3c(Cl)cccc3Cl)[nH]n2)c1. The van der Waals surface area contributed by atoms with Crippen LogP contribution in [0.5, 0.6) is 5.75 Å². The molecule has 3 rings (SSSR count). The number of rotatable bonds is 6. The fraction of sp³-hybridized carbons (Fsp3) is 0.105. The number of aromatic amines is 1. The van der Waals surface area contributed by atoms with Crippen molar-refractivity contribution in [2.24, 2.45) is 5.10 Å². The molecule has 0 aliphatic rings. The van der Waals surface area contributed by atoms with Gasteiger partial charge in [0.1, 0.15) is 11.4 Å². The molecule has 0 saturated heterocycles. The van der Waals surface area contributed by atoms with Gasteiger partial charge >= 0.3 is 0 Å². The highest BCUT2D eigenvalue weighted by atomic mass is 35.5. The lowest BCUT2D eigenvalue weighted by atomic mass is 10.1. The lowest BCUT2D eigenvalue weighted by Crippen LogP contribution is -2.18. The van der Waals surface area contributed by atoms with Gasteiger partial charge in [0.25, 0.3) is 5.91 Å². The molecule has 0 bridgehead atoms. The number of carbonyl (C=O) groups excluding carboxylic acids is 1. The number of hydrazone groups is 1. The summed E-state index contributed by atoms with van der Waals surface area (Å²) in [5.41, 5.74) is 4.68. The van der Waals surface area contributed by atoms with Crippen LogP contribution in [0, 0.1) is 0 Å². The number of halogens is 2. The van der Waals surface area contributed by atoms with E-state index in [1.807, 2.05) is 31.2 Å². The molecule has 2 N–H and O–H groups in total. The first kappa shape index (κ1) is 18.9. The number of nitrogens with zero attached hydrogens (tertiary/aromatic N) is 2. The summed E-state index contributed by atoms with van der Waals surface area (Å²) in [5, 5.41) is 11.7. The molecule has 0 saturated carbocycles. The fourth-order valence-electron chi connectivity index (χ4n) is 2.35. The van der Waals surface area contributed by atoms with E-state index < -0.39 is 5.91 Å². The minimum Gasteiger partial charge on any atom is -0.494 e. The first-order chi connectivity index (χ1) is 13.1. The van der Waals surface area contributed by atoms with Crippen molar-refractivity contribution in [3.8, 4) is 17.0 Å². The quantitative estimate of drug-likeness (QED) is 0.468.